The highest BCUT2D eigenvalue weighted by molar-refractivity contribution is 9.10. The fourth-order valence-corrected chi connectivity index (χ4v) is 3.68. The molecule has 6 heteroatoms. The summed E-state index contributed by atoms with van der Waals surface area (Å²) >= 11 is 4.78. The monoisotopic (exact) mass is 376 g/mol. The van der Waals surface area contributed by atoms with Crippen LogP contribution in [0.5, 0.6) is 0 Å². The molecule has 1 unspecified atom stereocenters. The van der Waals surface area contributed by atoms with E-state index < -0.39 is 5.25 Å². The van der Waals surface area contributed by atoms with Gasteiger partial charge in [-0.25, -0.2) is 0 Å². The highest BCUT2D eigenvalue weighted by Gasteiger charge is 2.28. The molecule has 0 spiro atoms. The molecular weight excluding hydrogens is 364 g/mol. The summed E-state index contributed by atoms with van der Waals surface area (Å²) in [5.74, 6) is -0.307. The number of nitrogens with one attached hydrogen (secondary N) is 2. The van der Waals surface area contributed by atoms with Gasteiger partial charge in [0, 0.05) is 21.5 Å². The van der Waals surface area contributed by atoms with E-state index in [0.29, 0.717) is 5.69 Å². The zero-order valence-electron chi connectivity index (χ0n) is 11.5. The van der Waals surface area contributed by atoms with Crippen molar-refractivity contribution in [1.29, 1.82) is 0 Å². The molecule has 2 amide bonds. The van der Waals surface area contributed by atoms with Gasteiger partial charge in [0.05, 0.1) is 10.9 Å². The lowest BCUT2D eigenvalue weighted by atomic mass is 10.2. The van der Waals surface area contributed by atoms with Gasteiger partial charge in [-0.1, -0.05) is 34.1 Å². The molecule has 0 radical (unpaired) electrons. The second-order valence-corrected chi connectivity index (χ2v) is 7.01. The van der Waals surface area contributed by atoms with Gasteiger partial charge in [0.15, 0.2) is 0 Å². The lowest BCUT2D eigenvalue weighted by Crippen LogP contribution is -2.32. The van der Waals surface area contributed by atoms with Crippen LogP contribution in [0.3, 0.4) is 0 Å². The Labute approximate surface area is 140 Å². The number of hydrogen-bond donors (Lipinski definition) is 2. The molecule has 1 aliphatic heterocycles. The van der Waals surface area contributed by atoms with Gasteiger partial charge >= 0.3 is 0 Å². The van der Waals surface area contributed by atoms with Crippen molar-refractivity contribution in [2.45, 2.75) is 16.6 Å². The van der Waals surface area contributed by atoms with E-state index in [4.69, 9.17) is 0 Å². The number of anilines is 2. The molecule has 3 rings (SSSR count). The SMILES string of the molecule is O=C(CC1Sc2ccccc2NC1=O)Nc1cccc(Br)c1. The molecule has 0 aromatic heterocycles. The van der Waals surface area contributed by atoms with E-state index in [0.717, 1.165) is 15.1 Å². The third-order valence-corrected chi connectivity index (χ3v) is 4.95. The third kappa shape index (κ3) is 3.51. The number of carbonyl (C=O) groups is 2. The number of rotatable bonds is 3. The average molecular weight is 377 g/mol. The highest BCUT2D eigenvalue weighted by atomic mass is 79.9. The fourth-order valence-electron chi connectivity index (χ4n) is 2.17. The molecule has 1 aliphatic rings. The van der Waals surface area contributed by atoms with Crippen LogP contribution < -0.4 is 10.6 Å². The molecule has 2 N–H and O–H groups in total. The standard InChI is InChI=1S/C16H13BrN2O2S/c17-10-4-3-5-11(8-10)18-15(20)9-14-16(21)19-12-6-1-2-7-13(12)22-14/h1-8,14H,9H2,(H,18,20)(H,19,21). The summed E-state index contributed by atoms with van der Waals surface area (Å²) in [7, 11) is 0. The number of benzene rings is 2. The van der Waals surface area contributed by atoms with Gasteiger partial charge in [-0.3, -0.25) is 9.59 Å². The molecule has 2 aromatic carbocycles. The van der Waals surface area contributed by atoms with E-state index in [1.165, 1.54) is 11.8 Å². The summed E-state index contributed by atoms with van der Waals surface area (Å²) in [6.07, 6.45) is 0.136. The molecule has 112 valence electrons. The van der Waals surface area contributed by atoms with E-state index in [2.05, 4.69) is 26.6 Å². The highest BCUT2D eigenvalue weighted by Crippen LogP contribution is 2.36. The molecule has 0 saturated heterocycles. The topological polar surface area (TPSA) is 58.2 Å². The molecule has 2 aromatic rings. The first-order valence-corrected chi connectivity index (χ1v) is 8.41. The minimum Gasteiger partial charge on any atom is -0.326 e. The summed E-state index contributed by atoms with van der Waals surface area (Å²) in [4.78, 5) is 25.2. The third-order valence-electron chi connectivity index (χ3n) is 3.19. The van der Waals surface area contributed by atoms with Crippen LogP contribution in [0.15, 0.2) is 57.9 Å². The normalized spacial score (nSPS) is 16.6. The first-order valence-electron chi connectivity index (χ1n) is 6.74. The van der Waals surface area contributed by atoms with Gasteiger partial charge in [0.2, 0.25) is 11.8 Å². The Morgan fingerprint density at radius 3 is 2.86 bits per heavy atom. The number of para-hydroxylation sites is 1. The first kappa shape index (κ1) is 15.1. The maximum absolute atomic E-state index is 12.1. The van der Waals surface area contributed by atoms with Gasteiger partial charge in [-0.2, -0.15) is 0 Å². The Morgan fingerprint density at radius 2 is 2.05 bits per heavy atom. The van der Waals surface area contributed by atoms with Crippen molar-refractivity contribution in [3.8, 4) is 0 Å². The minimum absolute atomic E-state index is 0.131. The number of fused-ring (bicyclic) bond motifs is 1. The van der Waals surface area contributed by atoms with Crippen molar-refractivity contribution in [3.63, 3.8) is 0 Å². The summed E-state index contributed by atoms with van der Waals surface area (Å²) in [6.45, 7) is 0. The second kappa shape index (κ2) is 6.54. The van der Waals surface area contributed by atoms with Gasteiger partial charge in [-0.15, -0.1) is 11.8 Å². The number of carbonyl (C=O) groups excluding carboxylic acids is 2. The lowest BCUT2D eigenvalue weighted by molar-refractivity contribution is -0.120. The Bertz CT molecular complexity index is 736. The number of thioether (sulfide) groups is 1. The summed E-state index contributed by atoms with van der Waals surface area (Å²) in [5, 5.41) is 5.24. The van der Waals surface area contributed by atoms with Crippen LogP contribution in [0, 0.1) is 0 Å². The number of hydrogen-bond acceptors (Lipinski definition) is 3. The van der Waals surface area contributed by atoms with Crippen molar-refractivity contribution >= 4 is 50.9 Å². The van der Waals surface area contributed by atoms with E-state index in [1.54, 1.807) is 0 Å². The maximum atomic E-state index is 12.1. The molecule has 1 atom stereocenters. The Morgan fingerprint density at radius 1 is 1.23 bits per heavy atom. The first-order chi connectivity index (χ1) is 10.6. The van der Waals surface area contributed by atoms with E-state index in [9.17, 15) is 9.59 Å². The predicted molar refractivity (Wildman–Crippen MR) is 92.1 cm³/mol. The quantitative estimate of drug-likeness (QED) is 0.853. The van der Waals surface area contributed by atoms with Crippen LogP contribution in [0.25, 0.3) is 0 Å². The summed E-state index contributed by atoms with van der Waals surface area (Å²) < 4.78 is 0.893. The van der Waals surface area contributed by atoms with Crippen LogP contribution >= 0.6 is 27.7 Å². The van der Waals surface area contributed by atoms with E-state index in [1.807, 2.05) is 48.5 Å². The van der Waals surface area contributed by atoms with Crippen LogP contribution in [0.1, 0.15) is 6.42 Å². The van der Waals surface area contributed by atoms with Crippen molar-refractivity contribution in [2.75, 3.05) is 10.6 Å². The minimum atomic E-state index is -0.415. The number of halogens is 1. The fraction of sp³-hybridized carbons (Fsp3) is 0.125. The Balaban J connectivity index is 1.66. The number of amides is 2. The van der Waals surface area contributed by atoms with Crippen molar-refractivity contribution in [2.24, 2.45) is 0 Å². The predicted octanol–water partition coefficient (Wildman–Crippen LogP) is 3.89. The Hall–Kier alpha value is -1.79. The molecule has 4 nitrogen and oxygen atoms in total. The zero-order chi connectivity index (χ0) is 15.5. The van der Waals surface area contributed by atoms with Crippen LogP contribution in [-0.2, 0) is 9.59 Å². The molecule has 0 fully saturated rings. The van der Waals surface area contributed by atoms with Gasteiger partial charge in [0.25, 0.3) is 0 Å². The largest absolute Gasteiger partial charge is 0.326 e. The molecule has 22 heavy (non-hydrogen) atoms. The maximum Gasteiger partial charge on any atom is 0.238 e. The smallest absolute Gasteiger partial charge is 0.238 e. The van der Waals surface area contributed by atoms with E-state index >= 15 is 0 Å². The van der Waals surface area contributed by atoms with Gasteiger partial charge in [-0.05, 0) is 30.3 Å². The molecule has 0 bridgehead atoms. The van der Waals surface area contributed by atoms with Crippen molar-refractivity contribution in [3.05, 3.63) is 53.0 Å². The van der Waals surface area contributed by atoms with Gasteiger partial charge in [0.1, 0.15) is 0 Å². The molecule has 0 saturated carbocycles. The molecular formula is C16H13BrN2O2S. The lowest BCUT2D eigenvalue weighted by Gasteiger charge is -2.23. The summed E-state index contributed by atoms with van der Waals surface area (Å²) in [6, 6.07) is 15.0. The van der Waals surface area contributed by atoms with Gasteiger partial charge < -0.3 is 10.6 Å². The average Bonchev–Trinajstić information content (AvgIpc) is 2.48. The Kier molecular flexibility index (Phi) is 4.49. The van der Waals surface area contributed by atoms with Crippen molar-refractivity contribution < 1.29 is 9.59 Å². The van der Waals surface area contributed by atoms with Crippen molar-refractivity contribution in [1.82, 2.24) is 0 Å². The molecule has 1 heterocycles. The van der Waals surface area contributed by atoms with E-state index in [-0.39, 0.29) is 18.2 Å². The van der Waals surface area contributed by atoms with Crippen LogP contribution in [-0.4, -0.2) is 17.1 Å². The van der Waals surface area contributed by atoms with Crippen LogP contribution in [0.2, 0.25) is 0 Å². The zero-order valence-corrected chi connectivity index (χ0v) is 13.9. The summed E-state index contributed by atoms with van der Waals surface area (Å²) in [5.41, 5.74) is 1.52. The second-order valence-electron chi connectivity index (χ2n) is 4.85. The van der Waals surface area contributed by atoms with Crippen LogP contribution in [0.4, 0.5) is 11.4 Å². The molecule has 0 aliphatic carbocycles.